The molecule has 2 heterocycles. The van der Waals surface area contributed by atoms with Gasteiger partial charge in [-0.2, -0.15) is 10.1 Å². The molecule has 0 saturated carbocycles. The quantitative estimate of drug-likeness (QED) is 0.648. The van der Waals surface area contributed by atoms with Crippen molar-refractivity contribution in [1.82, 2.24) is 25.2 Å². The molecule has 0 saturated heterocycles. The molecule has 0 amide bonds. The normalized spacial score (nSPS) is 12.3. The Labute approximate surface area is 172 Å². The molecule has 1 unspecified atom stereocenters. The van der Waals surface area contributed by atoms with Gasteiger partial charge in [-0.25, -0.2) is 0 Å². The van der Waals surface area contributed by atoms with Crippen LogP contribution in [0, 0.1) is 20.8 Å². The second-order valence-electron chi connectivity index (χ2n) is 7.00. The minimum atomic E-state index is 0. The maximum absolute atomic E-state index is 5.32. The Morgan fingerprint density at radius 1 is 1.14 bits per heavy atom. The van der Waals surface area contributed by atoms with Gasteiger partial charge < -0.3 is 9.84 Å². The number of benzene rings is 1. The molecular formula is C21H28ClN5O. The highest BCUT2D eigenvalue weighted by Gasteiger charge is 2.11. The van der Waals surface area contributed by atoms with Crippen molar-refractivity contribution >= 4 is 24.6 Å². The summed E-state index contributed by atoms with van der Waals surface area (Å²) in [6.45, 7) is 9.04. The summed E-state index contributed by atoms with van der Waals surface area (Å²) in [5, 5.41) is 11.9. The second-order valence-corrected chi connectivity index (χ2v) is 7.00. The van der Waals surface area contributed by atoms with Crippen LogP contribution in [0.15, 0.2) is 28.8 Å². The Hall–Kier alpha value is -2.44. The first-order chi connectivity index (χ1) is 13.0. The fourth-order valence-corrected chi connectivity index (χ4v) is 2.92. The van der Waals surface area contributed by atoms with Crippen LogP contribution < -0.4 is 5.32 Å². The molecule has 7 heteroatoms. The number of likely N-dealkylation sites (N-methyl/N-ethyl adjacent to an activating group) is 1. The molecule has 2 aromatic heterocycles. The molecule has 1 atom stereocenters. The van der Waals surface area contributed by atoms with Gasteiger partial charge in [0.05, 0.1) is 12.2 Å². The SMILES string of the molecule is CNC(C)Cc1noc(/C=C/c2c(C)nn(Cc3ccc(C)cc3)c2C)n1.Cl. The first kappa shape index (κ1) is 21.9. The first-order valence-electron chi connectivity index (χ1n) is 9.23. The van der Waals surface area contributed by atoms with Gasteiger partial charge in [0.25, 0.3) is 5.89 Å². The Morgan fingerprint density at radius 3 is 2.54 bits per heavy atom. The molecule has 3 rings (SSSR count). The van der Waals surface area contributed by atoms with Crippen molar-refractivity contribution in [2.75, 3.05) is 7.05 Å². The lowest BCUT2D eigenvalue weighted by Crippen LogP contribution is -2.24. The maximum Gasteiger partial charge on any atom is 0.250 e. The molecule has 1 aromatic carbocycles. The Bertz CT molecular complexity index is 927. The van der Waals surface area contributed by atoms with E-state index in [-0.39, 0.29) is 12.4 Å². The third-order valence-electron chi connectivity index (χ3n) is 4.75. The van der Waals surface area contributed by atoms with Gasteiger partial charge in [0, 0.05) is 29.8 Å². The second kappa shape index (κ2) is 9.66. The summed E-state index contributed by atoms with van der Waals surface area (Å²) >= 11 is 0. The van der Waals surface area contributed by atoms with E-state index >= 15 is 0 Å². The first-order valence-corrected chi connectivity index (χ1v) is 9.23. The van der Waals surface area contributed by atoms with Crippen LogP contribution in [-0.4, -0.2) is 33.0 Å². The van der Waals surface area contributed by atoms with E-state index in [4.69, 9.17) is 4.52 Å². The van der Waals surface area contributed by atoms with Crippen LogP contribution in [-0.2, 0) is 13.0 Å². The zero-order valence-electron chi connectivity index (χ0n) is 17.1. The molecule has 150 valence electrons. The molecular weight excluding hydrogens is 374 g/mol. The Kier molecular flexibility index (Phi) is 7.54. The number of aromatic nitrogens is 4. The molecule has 0 aliphatic rings. The molecule has 0 fully saturated rings. The van der Waals surface area contributed by atoms with E-state index in [1.807, 2.05) is 30.8 Å². The molecule has 1 N–H and O–H groups in total. The van der Waals surface area contributed by atoms with E-state index in [9.17, 15) is 0 Å². The predicted octanol–water partition coefficient (Wildman–Crippen LogP) is 3.98. The average Bonchev–Trinajstić information content (AvgIpc) is 3.20. The zero-order chi connectivity index (χ0) is 19.4. The molecule has 6 nitrogen and oxygen atoms in total. The van der Waals surface area contributed by atoms with Crippen molar-refractivity contribution in [2.45, 2.75) is 46.7 Å². The lowest BCUT2D eigenvalue weighted by atomic mass is 10.1. The van der Waals surface area contributed by atoms with Crippen molar-refractivity contribution in [2.24, 2.45) is 0 Å². The Morgan fingerprint density at radius 2 is 1.86 bits per heavy atom. The van der Waals surface area contributed by atoms with Gasteiger partial charge in [-0.1, -0.05) is 35.0 Å². The molecule has 0 radical (unpaired) electrons. The van der Waals surface area contributed by atoms with Crippen LogP contribution in [0.2, 0.25) is 0 Å². The van der Waals surface area contributed by atoms with Crippen LogP contribution in [0.25, 0.3) is 12.2 Å². The van der Waals surface area contributed by atoms with Crippen molar-refractivity contribution < 1.29 is 4.52 Å². The number of nitrogens with one attached hydrogen (secondary N) is 1. The predicted molar refractivity (Wildman–Crippen MR) is 115 cm³/mol. The van der Waals surface area contributed by atoms with Gasteiger partial charge in [-0.3, -0.25) is 4.68 Å². The molecule has 0 spiro atoms. The number of hydrogen-bond acceptors (Lipinski definition) is 5. The van der Waals surface area contributed by atoms with Crippen molar-refractivity contribution in [3.8, 4) is 0 Å². The van der Waals surface area contributed by atoms with E-state index < -0.39 is 0 Å². The van der Waals surface area contributed by atoms with Gasteiger partial charge in [-0.15, -0.1) is 12.4 Å². The number of aryl methyl sites for hydroxylation is 2. The van der Waals surface area contributed by atoms with E-state index in [2.05, 4.69) is 65.6 Å². The van der Waals surface area contributed by atoms with Crippen LogP contribution in [0.5, 0.6) is 0 Å². The fourth-order valence-electron chi connectivity index (χ4n) is 2.92. The minimum Gasteiger partial charge on any atom is -0.335 e. The fraction of sp³-hybridized carbons (Fsp3) is 0.381. The minimum absolute atomic E-state index is 0. The highest BCUT2D eigenvalue weighted by atomic mass is 35.5. The molecule has 0 aliphatic heterocycles. The van der Waals surface area contributed by atoms with Crippen molar-refractivity contribution in [1.29, 1.82) is 0 Å². The highest BCUT2D eigenvalue weighted by molar-refractivity contribution is 5.85. The Balaban J connectivity index is 0.00000280. The van der Waals surface area contributed by atoms with Crippen molar-refractivity contribution in [3.63, 3.8) is 0 Å². The third kappa shape index (κ3) is 5.30. The van der Waals surface area contributed by atoms with Crippen LogP contribution in [0.1, 0.15) is 46.7 Å². The maximum atomic E-state index is 5.32. The van der Waals surface area contributed by atoms with Gasteiger partial charge in [0.2, 0.25) is 0 Å². The molecule has 3 aromatic rings. The lowest BCUT2D eigenvalue weighted by Gasteiger charge is -2.05. The number of hydrogen-bond donors (Lipinski definition) is 1. The molecule has 0 bridgehead atoms. The summed E-state index contributed by atoms with van der Waals surface area (Å²) in [6.07, 6.45) is 4.59. The monoisotopic (exact) mass is 401 g/mol. The van der Waals surface area contributed by atoms with E-state index in [1.54, 1.807) is 0 Å². The molecule has 28 heavy (non-hydrogen) atoms. The highest BCUT2D eigenvalue weighted by Crippen LogP contribution is 2.18. The molecule has 0 aliphatic carbocycles. The summed E-state index contributed by atoms with van der Waals surface area (Å²) in [4.78, 5) is 4.42. The largest absolute Gasteiger partial charge is 0.335 e. The van der Waals surface area contributed by atoms with E-state index in [0.717, 1.165) is 29.9 Å². The summed E-state index contributed by atoms with van der Waals surface area (Å²) in [5.41, 5.74) is 5.69. The average molecular weight is 402 g/mol. The lowest BCUT2D eigenvalue weighted by molar-refractivity contribution is 0.400. The number of halogens is 1. The summed E-state index contributed by atoms with van der Waals surface area (Å²) in [5.74, 6) is 1.22. The van der Waals surface area contributed by atoms with Crippen LogP contribution >= 0.6 is 12.4 Å². The van der Waals surface area contributed by atoms with Gasteiger partial charge in [0.1, 0.15) is 0 Å². The summed E-state index contributed by atoms with van der Waals surface area (Å²) in [6, 6.07) is 8.86. The van der Waals surface area contributed by atoms with Crippen LogP contribution in [0.4, 0.5) is 0 Å². The van der Waals surface area contributed by atoms with Gasteiger partial charge in [-0.05, 0) is 46.4 Å². The van der Waals surface area contributed by atoms with Crippen molar-refractivity contribution in [3.05, 3.63) is 64.1 Å². The van der Waals surface area contributed by atoms with E-state index in [1.165, 1.54) is 11.1 Å². The topological polar surface area (TPSA) is 68.8 Å². The summed E-state index contributed by atoms with van der Waals surface area (Å²) < 4.78 is 7.36. The van der Waals surface area contributed by atoms with E-state index in [0.29, 0.717) is 17.8 Å². The standard InChI is InChI=1S/C21H27N5O.ClH/c1-14-6-8-18(9-7-14)13-26-17(4)19(16(3)24-26)10-11-21-23-20(25-27-21)12-15(2)22-5;/h6-11,15,22H,12-13H2,1-5H3;1H/b11-10+;. The number of nitrogens with zero attached hydrogens (tertiary/aromatic N) is 4. The van der Waals surface area contributed by atoms with Crippen LogP contribution in [0.3, 0.4) is 0 Å². The van der Waals surface area contributed by atoms with Gasteiger partial charge in [0.15, 0.2) is 5.82 Å². The smallest absolute Gasteiger partial charge is 0.250 e. The van der Waals surface area contributed by atoms with Gasteiger partial charge >= 0.3 is 0 Å². The third-order valence-corrected chi connectivity index (χ3v) is 4.75. The number of rotatable bonds is 7. The summed E-state index contributed by atoms with van der Waals surface area (Å²) in [7, 11) is 1.92. The zero-order valence-corrected chi connectivity index (χ0v) is 17.9.